The van der Waals surface area contributed by atoms with Crippen molar-refractivity contribution >= 4 is 51.0 Å². The molecule has 0 aliphatic heterocycles. The van der Waals surface area contributed by atoms with Gasteiger partial charge in [-0.1, -0.05) is 41.4 Å². The van der Waals surface area contributed by atoms with Crippen LogP contribution in [0.2, 0.25) is 10.0 Å². The number of hydrazone groups is 1. The van der Waals surface area contributed by atoms with Crippen molar-refractivity contribution in [3.8, 4) is 11.4 Å². The quantitative estimate of drug-likeness (QED) is 0.175. The molecule has 3 aromatic carbocycles. The molecule has 0 fully saturated rings. The molecule has 0 atom stereocenters. The fourth-order valence-electron chi connectivity index (χ4n) is 4.20. The van der Waals surface area contributed by atoms with E-state index < -0.39 is 22.5 Å². The highest BCUT2D eigenvalue weighted by atomic mass is 35.5. The Balaban J connectivity index is 1.56. The first-order chi connectivity index (χ1) is 19.1. The molecule has 40 heavy (non-hydrogen) atoms. The number of hydrogen-bond acceptors (Lipinski definition) is 5. The minimum atomic E-state index is -4.05. The molecular formula is C29H28Cl2N4O4S. The summed E-state index contributed by atoms with van der Waals surface area (Å²) >= 11 is 12.6. The first-order valence-electron chi connectivity index (χ1n) is 12.4. The molecule has 208 valence electrons. The molecule has 1 aromatic heterocycles. The smallest absolute Gasteiger partial charge is 0.264 e. The van der Waals surface area contributed by atoms with Crippen molar-refractivity contribution in [2.24, 2.45) is 5.10 Å². The van der Waals surface area contributed by atoms with Crippen LogP contribution in [0.5, 0.6) is 5.75 Å². The maximum Gasteiger partial charge on any atom is 0.264 e. The van der Waals surface area contributed by atoms with E-state index >= 15 is 0 Å². The van der Waals surface area contributed by atoms with Gasteiger partial charge < -0.3 is 9.30 Å². The Morgan fingerprint density at radius 2 is 1.73 bits per heavy atom. The van der Waals surface area contributed by atoms with Crippen LogP contribution < -0.4 is 14.5 Å². The lowest BCUT2D eigenvalue weighted by atomic mass is 10.2. The summed E-state index contributed by atoms with van der Waals surface area (Å²) in [7, 11) is -4.05. The van der Waals surface area contributed by atoms with Gasteiger partial charge in [0.25, 0.3) is 15.9 Å². The normalized spacial score (nSPS) is 11.5. The minimum Gasteiger partial charge on any atom is -0.494 e. The molecule has 4 aromatic rings. The van der Waals surface area contributed by atoms with E-state index in [-0.39, 0.29) is 4.90 Å². The lowest BCUT2D eigenvalue weighted by Gasteiger charge is -2.24. The van der Waals surface area contributed by atoms with Crippen molar-refractivity contribution in [1.29, 1.82) is 0 Å². The molecule has 1 amide bonds. The van der Waals surface area contributed by atoms with E-state index in [1.54, 1.807) is 60.7 Å². The largest absolute Gasteiger partial charge is 0.494 e. The van der Waals surface area contributed by atoms with Gasteiger partial charge in [0.1, 0.15) is 12.3 Å². The molecule has 8 nitrogen and oxygen atoms in total. The molecule has 0 bridgehead atoms. The summed E-state index contributed by atoms with van der Waals surface area (Å²) in [5, 5.41) is 5.18. The number of aryl methyl sites for hydroxylation is 1. The molecule has 0 aliphatic carbocycles. The molecule has 0 saturated carbocycles. The number of carbonyl (C=O) groups excluding carboxylic acids is 1. The third kappa shape index (κ3) is 6.50. The molecule has 0 unspecified atom stereocenters. The van der Waals surface area contributed by atoms with Gasteiger partial charge in [0.05, 0.1) is 34.1 Å². The van der Waals surface area contributed by atoms with Crippen LogP contribution in [0.25, 0.3) is 5.69 Å². The minimum absolute atomic E-state index is 0.0623. The Morgan fingerprint density at radius 1 is 1.02 bits per heavy atom. The van der Waals surface area contributed by atoms with Gasteiger partial charge in [-0.25, -0.2) is 13.8 Å². The Hall–Kier alpha value is -3.79. The van der Waals surface area contributed by atoms with Crippen LogP contribution in [0.3, 0.4) is 0 Å². The molecule has 4 rings (SSSR count). The zero-order chi connectivity index (χ0) is 28.9. The number of amides is 1. The number of rotatable bonds is 10. The number of carbonyl (C=O) groups is 1. The van der Waals surface area contributed by atoms with E-state index in [1.807, 2.05) is 31.4 Å². The fourth-order valence-corrected chi connectivity index (χ4v) is 6.01. The molecule has 0 spiro atoms. The van der Waals surface area contributed by atoms with Gasteiger partial charge in [-0.15, -0.1) is 0 Å². The summed E-state index contributed by atoms with van der Waals surface area (Å²) in [6.45, 7) is 5.66. The summed E-state index contributed by atoms with van der Waals surface area (Å²) in [5.74, 6) is -0.0228. The highest BCUT2D eigenvalue weighted by molar-refractivity contribution is 7.92. The lowest BCUT2D eigenvalue weighted by Crippen LogP contribution is -2.39. The first kappa shape index (κ1) is 29.2. The Kier molecular flexibility index (Phi) is 9.19. The lowest BCUT2D eigenvalue weighted by molar-refractivity contribution is -0.119. The highest BCUT2D eigenvalue weighted by Gasteiger charge is 2.27. The topological polar surface area (TPSA) is 93.0 Å². The number of nitrogens with zero attached hydrogens (tertiary/aromatic N) is 3. The van der Waals surface area contributed by atoms with E-state index in [4.69, 9.17) is 27.9 Å². The molecular weight excluding hydrogens is 571 g/mol. The van der Waals surface area contributed by atoms with Crippen LogP contribution in [0, 0.1) is 13.8 Å². The van der Waals surface area contributed by atoms with Crippen LogP contribution in [0.4, 0.5) is 5.69 Å². The molecule has 1 heterocycles. The molecule has 1 N–H and O–H groups in total. The average molecular weight is 600 g/mol. The molecule has 0 radical (unpaired) electrons. The maximum atomic E-state index is 13.5. The number of benzene rings is 3. The van der Waals surface area contributed by atoms with E-state index in [2.05, 4.69) is 10.5 Å². The Morgan fingerprint density at radius 3 is 2.40 bits per heavy atom. The van der Waals surface area contributed by atoms with Gasteiger partial charge in [-0.05, 0) is 81.4 Å². The van der Waals surface area contributed by atoms with Crippen molar-refractivity contribution in [3.63, 3.8) is 0 Å². The van der Waals surface area contributed by atoms with Crippen molar-refractivity contribution in [2.45, 2.75) is 25.7 Å². The summed E-state index contributed by atoms with van der Waals surface area (Å²) in [6, 6.07) is 21.6. The second kappa shape index (κ2) is 12.6. The van der Waals surface area contributed by atoms with E-state index in [1.165, 1.54) is 18.3 Å². The summed E-state index contributed by atoms with van der Waals surface area (Å²) in [5.41, 5.74) is 5.96. The molecule has 11 heteroatoms. The number of ether oxygens (including phenoxy) is 1. The highest BCUT2D eigenvalue weighted by Crippen LogP contribution is 2.29. The van der Waals surface area contributed by atoms with Gasteiger partial charge in [-0.3, -0.25) is 9.10 Å². The van der Waals surface area contributed by atoms with E-state index in [0.717, 1.165) is 26.9 Å². The second-order valence-corrected chi connectivity index (χ2v) is 11.5. The summed E-state index contributed by atoms with van der Waals surface area (Å²) in [4.78, 5) is 13.0. The zero-order valence-corrected chi connectivity index (χ0v) is 24.5. The summed E-state index contributed by atoms with van der Waals surface area (Å²) < 4.78 is 35.4. The Bertz CT molecular complexity index is 1640. The van der Waals surface area contributed by atoms with Crippen LogP contribution in [0.15, 0.2) is 88.9 Å². The number of anilines is 1. The standard InChI is InChI=1S/C29H28Cl2N4O4S/c1-4-39-25-13-11-24(12-14-25)34(40(37,38)26-8-6-5-7-9-26)19-29(36)33-32-18-22-16-20(2)35(21(22)3)28-17-23(30)10-15-27(28)31/h5-18H,4,19H2,1-3H3,(H,33,36)/b32-18+. The van der Waals surface area contributed by atoms with Gasteiger partial charge in [0.2, 0.25) is 0 Å². The third-order valence-corrected chi connectivity index (χ3v) is 8.41. The molecule has 0 saturated heterocycles. The average Bonchev–Trinajstić information content (AvgIpc) is 3.22. The number of sulfonamides is 1. The van der Waals surface area contributed by atoms with Gasteiger partial charge in [0, 0.05) is 22.0 Å². The van der Waals surface area contributed by atoms with Crippen LogP contribution in [-0.4, -0.2) is 38.3 Å². The number of hydrogen-bond donors (Lipinski definition) is 1. The monoisotopic (exact) mass is 598 g/mol. The Labute approximate surface area is 243 Å². The second-order valence-electron chi connectivity index (χ2n) is 8.80. The van der Waals surface area contributed by atoms with Crippen LogP contribution in [-0.2, 0) is 14.8 Å². The number of aromatic nitrogens is 1. The first-order valence-corrected chi connectivity index (χ1v) is 14.6. The van der Waals surface area contributed by atoms with Crippen molar-refractivity contribution in [3.05, 3.63) is 106 Å². The van der Waals surface area contributed by atoms with Crippen molar-refractivity contribution in [2.75, 3.05) is 17.5 Å². The van der Waals surface area contributed by atoms with E-state index in [0.29, 0.717) is 28.1 Å². The molecule has 0 aliphatic rings. The number of halogens is 2. The predicted octanol–water partition coefficient (Wildman–Crippen LogP) is 6.15. The van der Waals surface area contributed by atoms with Crippen LogP contribution in [0.1, 0.15) is 23.9 Å². The summed E-state index contributed by atoms with van der Waals surface area (Å²) in [6.07, 6.45) is 1.50. The SMILES string of the molecule is CCOc1ccc(N(CC(=O)N/N=C/c2cc(C)n(-c3cc(Cl)ccc3Cl)c2C)S(=O)(=O)c2ccccc2)cc1. The predicted molar refractivity (Wildman–Crippen MR) is 160 cm³/mol. The van der Waals surface area contributed by atoms with E-state index in [9.17, 15) is 13.2 Å². The third-order valence-electron chi connectivity index (χ3n) is 6.07. The number of nitrogens with one attached hydrogen (secondary N) is 1. The van der Waals surface area contributed by atoms with Crippen LogP contribution >= 0.6 is 23.2 Å². The van der Waals surface area contributed by atoms with Gasteiger partial charge >= 0.3 is 0 Å². The van der Waals surface area contributed by atoms with Gasteiger partial charge in [-0.2, -0.15) is 5.10 Å². The fraction of sp³-hybridized carbons (Fsp3) is 0.172. The zero-order valence-electron chi connectivity index (χ0n) is 22.1. The van der Waals surface area contributed by atoms with Crippen molar-refractivity contribution in [1.82, 2.24) is 9.99 Å². The van der Waals surface area contributed by atoms with Gasteiger partial charge in [0.15, 0.2) is 0 Å². The van der Waals surface area contributed by atoms with Crippen molar-refractivity contribution < 1.29 is 17.9 Å². The maximum absolute atomic E-state index is 13.5.